The predicted molar refractivity (Wildman–Crippen MR) is 127 cm³/mol. The van der Waals surface area contributed by atoms with Crippen LogP contribution in [0.3, 0.4) is 0 Å². The molecule has 1 unspecified atom stereocenters. The van der Waals surface area contributed by atoms with Crippen molar-refractivity contribution in [2.75, 3.05) is 26.2 Å². The highest BCUT2D eigenvalue weighted by Gasteiger charge is 2.30. The molecule has 31 heavy (non-hydrogen) atoms. The van der Waals surface area contributed by atoms with Crippen LogP contribution in [0.15, 0.2) is 24.3 Å². The second kappa shape index (κ2) is 11.4. The average Bonchev–Trinajstić information content (AvgIpc) is 2.74. The van der Waals surface area contributed by atoms with E-state index in [-0.39, 0.29) is 5.97 Å². The lowest BCUT2D eigenvalue weighted by Crippen LogP contribution is -2.35. The topological polar surface area (TPSA) is 38.8 Å². The van der Waals surface area contributed by atoms with Gasteiger partial charge in [-0.15, -0.1) is 0 Å². The lowest BCUT2D eigenvalue weighted by molar-refractivity contribution is -0.143. The molecule has 0 radical (unpaired) electrons. The van der Waals surface area contributed by atoms with Gasteiger partial charge in [0.25, 0.3) is 0 Å². The minimum Gasteiger partial charge on any atom is -0.490 e. The number of benzene rings is 1. The molecule has 1 heterocycles. The zero-order valence-electron chi connectivity index (χ0n) is 20.2. The van der Waals surface area contributed by atoms with E-state index >= 15 is 0 Å². The van der Waals surface area contributed by atoms with Gasteiger partial charge in [0.15, 0.2) is 0 Å². The van der Waals surface area contributed by atoms with E-state index in [1.54, 1.807) is 0 Å². The highest BCUT2D eigenvalue weighted by molar-refractivity contribution is 5.69. The van der Waals surface area contributed by atoms with E-state index in [0.717, 1.165) is 37.7 Å². The molecular formula is C27H43NO3. The Morgan fingerprint density at radius 1 is 1.06 bits per heavy atom. The molecular weight excluding hydrogens is 386 g/mol. The van der Waals surface area contributed by atoms with Crippen molar-refractivity contribution < 1.29 is 14.3 Å². The second-order valence-corrected chi connectivity index (χ2v) is 10.6. The zero-order valence-corrected chi connectivity index (χ0v) is 20.2. The van der Waals surface area contributed by atoms with Gasteiger partial charge < -0.3 is 14.4 Å². The lowest BCUT2D eigenvalue weighted by Gasteiger charge is -2.37. The quantitative estimate of drug-likeness (QED) is 0.462. The Labute approximate surface area is 189 Å². The van der Waals surface area contributed by atoms with E-state index < -0.39 is 0 Å². The standard InChI is InChI=1S/C27H43NO3/c1-5-30-26(29)9-7-19-28-18-6-8-22(20-28)21-10-14-24(15-11-21)31-25-16-12-23(13-17-25)27(2,3)4/h10-11,14-15,22-23,25H,5-9,12-13,16-20H2,1-4H3. The van der Waals surface area contributed by atoms with Crippen LogP contribution in [0.4, 0.5) is 0 Å². The van der Waals surface area contributed by atoms with E-state index in [0.29, 0.717) is 30.5 Å². The minimum absolute atomic E-state index is 0.0708. The van der Waals surface area contributed by atoms with Gasteiger partial charge in [-0.3, -0.25) is 4.79 Å². The van der Waals surface area contributed by atoms with Gasteiger partial charge in [-0.25, -0.2) is 0 Å². The molecule has 1 aromatic carbocycles. The number of rotatable bonds is 8. The van der Waals surface area contributed by atoms with Crippen molar-refractivity contribution in [2.24, 2.45) is 11.3 Å². The summed E-state index contributed by atoms with van der Waals surface area (Å²) in [5.74, 6) is 2.34. The number of nitrogens with zero attached hydrogens (tertiary/aromatic N) is 1. The van der Waals surface area contributed by atoms with E-state index in [2.05, 4.69) is 49.9 Å². The molecule has 0 aromatic heterocycles. The zero-order chi connectivity index (χ0) is 22.3. The van der Waals surface area contributed by atoms with E-state index in [1.807, 2.05) is 6.92 Å². The summed E-state index contributed by atoms with van der Waals surface area (Å²) < 4.78 is 11.4. The number of carbonyl (C=O) groups is 1. The maximum absolute atomic E-state index is 11.6. The van der Waals surface area contributed by atoms with Crippen LogP contribution >= 0.6 is 0 Å². The summed E-state index contributed by atoms with van der Waals surface area (Å²) in [4.78, 5) is 14.1. The fraction of sp³-hybridized carbons (Fsp3) is 0.741. The van der Waals surface area contributed by atoms with Gasteiger partial charge >= 0.3 is 5.97 Å². The second-order valence-electron chi connectivity index (χ2n) is 10.6. The van der Waals surface area contributed by atoms with Gasteiger partial charge in [-0.2, -0.15) is 0 Å². The molecule has 1 aromatic rings. The summed E-state index contributed by atoms with van der Waals surface area (Å²) in [5, 5.41) is 0. The SMILES string of the molecule is CCOC(=O)CCCN1CCCC(c2ccc(OC3CCC(C(C)(C)C)CC3)cc2)C1. The molecule has 1 saturated heterocycles. The normalized spacial score (nSPS) is 25.2. The van der Waals surface area contributed by atoms with E-state index in [9.17, 15) is 4.79 Å². The highest BCUT2D eigenvalue weighted by atomic mass is 16.5. The number of ether oxygens (including phenoxy) is 2. The number of likely N-dealkylation sites (tertiary alicyclic amines) is 1. The maximum Gasteiger partial charge on any atom is 0.305 e. The van der Waals surface area contributed by atoms with Gasteiger partial charge in [0.2, 0.25) is 0 Å². The Morgan fingerprint density at radius 3 is 2.42 bits per heavy atom. The Kier molecular flexibility index (Phi) is 8.83. The number of piperidine rings is 1. The molecule has 4 nitrogen and oxygen atoms in total. The van der Waals surface area contributed by atoms with Crippen molar-refractivity contribution in [1.82, 2.24) is 4.90 Å². The fourth-order valence-corrected chi connectivity index (χ4v) is 5.27. The lowest BCUT2D eigenvalue weighted by atomic mass is 9.72. The van der Waals surface area contributed by atoms with Gasteiger partial charge in [0, 0.05) is 13.0 Å². The first-order valence-corrected chi connectivity index (χ1v) is 12.5. The van der Waals surface area contributed by atoms with Crippen LogP contribution in [0.2, 0.25) is 0 Å². The Morgan fingerprint density at radius 2 is 1.77 bits per heavy atom. The summed E-state index contributed by atoms with van der Waals surface area (Å²) in [6.07, 6.45) is 9.15. The molecule has 2 fully saturated rings. The highest BCUT2D eigenvalue weighted by Crippen LogP contribution is 2.39. The van der Waals surface area contributed by atoms with Crippen molar-refractivity contribution in [3.63, 3.8) is 0 Å². The Balaban J connectivity index is 1.43. The van der Waals surface area contributed by atoms with Crippen molar-refractivity contribution in [2.45, 2.75) is 91.1 Å². The average molecular weight is 430 g/mol. The largest absolute Gasteiger partial charge is 0.490 e. The maximum atomic E-state index is 11.6. The molecule has 3 rings (SSSR count). The molecule has 0 spiro atoms. The molecule has 0 N–H and O–H groups in total. The summed E-state index contributed by atoms with van der Waals surface area (Å²) in [6, 6.07) is 8.88. The van der Waals surface area contributed by atoms with Crippen molar-refractivity contribution in [3.8, 4) is 5.75 Å². The van der Waals surface area contributed by atoms with Crippen LogP contribution < -0.4 is 4.74 Å². The van der Waals surface area contributed by atoms with Gasteiger partial charge in [-0.1, -0.05) is 32.9 Å². The van der Waals surface area contributed by atoms with Gasteiger partial charge in [-0.05, 0) is 99.9 Å². The minimum atomic E-state index is -0.0708. The summed E-state index contributed by atoms with van der Waals surface area (Å²) in [5.41, 5.74) is 1.83. The first kappa shape index (κ1) is 24.1. The van der Waals surface area contributed by atoms with Crippen molar-refractivity contribution >= 4 is 5.97 Å². The summed E-state index contributed by atoms with van der Waals surface area (Å²) in [7, 11) is 0. The molecule has 0 amide bonds. The number of hydrogen-bond acceptors (Lipinski definition) is 4. The third kappa shape index (κ3) is 7.52. The molecule has 2 aliphatic rings. The van der Waals surface area contributed by atoms with Crippen molar-refractivity contribution in [3.05, 3.63) is 29.8 Å². The van der Waals surface area contributed by atoms with Crippen LogP contribution in [0.25, 0.3) is 0 Å². The Hall–Kier alpha value is -1.55. The molecule has 4 heteroatoms. The number of esters is 1. The third-order valence-corrected chi connectivity index (χ3v) is 7.22. The first-order valence-electron chi connectivity index (χ1n) is 12.5. The van der Waals surface area contributed by atoms with Crippen LogP contribution in [0.5, 0.6) is 5.75 Å². The molecule has 1 saturated carbocycles. The van der Waals surface area contributed by atoms with E-state index in [4.69, 9.17) is 9.47 Å². The molecule has 174 valence electrons. The fourth-order valence-electron chi connectivity index (χ4n) is 5.27. The van der Waals surface area contributed by atoms with Crippen molar-refractivity contribution in [1.29, 1.82) is 0 Å². The van der Waals surface area contributed by atoms with Gasteiger partial charge in [0.05, 0.1) is 12.7 Å². The molecule has 1 atom stereocenters. The van der Waals surface area contributed by atoms with Gasteiger partial charge in [0.1, 0.15) is 5.75 Å². The predicted octanol–water partition coefficient (Wildman–Crippen LogP) is 6.19. The number of carbonyl (C=O) groups excluding carboxylic acids is 1. The Bertz CT molecular complexity index is 671. The van der Waals surface area contributed by atoms with E-state index in [1.165, 1.54) is 44.1 Å². The van der Waals surface area contributed by atoms with Crippen LogP contribution in [0, 0.1) is 11.3 Å². The third-order valence-electron chi connectivity index (χ3n) is 7.22. The number of hydrogen-bond donors (Lipinski definition) is 0. The first-order chi connectivity index (χ1) is 14.8. The van der Waals surface area contributed by atoms with Crippen LogP contribution in [-0.4, -0.2) is 43.2 Å². The van der Waals surface area contributed by atoms with Crippen LogP contribution in [0.1, 0.15) is 90.5 Å². The summed E-state index contributed by atoms with van der Waals surface area (Å²) in [6.45, 7) is 12.6. The summed E-state index contributed by atoms with van der Waals surface area (Å²) >= 11 is 0. The monoisotopic (exact) mass is 429 g/mol. The van der Waals surface area contributed by atoms with Crippen LogP contribution in [-0.2, 0) is 9.53 Å². The smallest absolute Gasteiger partial charge is 0.305 e. The molecule has 1 aliphatic heterocycles. The molecule has 0 bridgehead atoms. The molecule has 1 aliphatic carbocycles.